The smallest absolute Gasteiger partial charge is 0.403 e. The number of nitrogens with one attached hydrogen (secondary N) is 2. The maximum atomic E-state index is 13.9. The van der Waals surface area contributed by atoms with Gasteiger partial charge in [-0.25, -0.2) is 4.39 Å². The fourth-order valence-corrected chi connectivity index (χ4v) is 2.33. The average Bonchev–Trinajstić information content (AvgIpc) is 2.59. The lowest BCUT2D eigenvalue weighted by Gasteiger charge is -2.25. The van der Waals surface area contributed by atoms with E-state index in [1.807, 2.05) is 13.8 Å². The molecule has 28 heavy (non-hydrogen) atoms. The van der Waals surface area contributed by atoms with Gasteiger partial charge in [0.2, 0.25) is 5.91 Å². The Labute approximate surface area is 160 Å². The molecule has 0 unspecified atom stereocenters. The summed E-state index contributed by atoms with van der Waals surface area (Å²) in [5.41, 5.74) is 1.19. The van der Waals surface area contributed by atoms with Crippen LogP contribution in [0.1, 0.15) is 20.8 Å². The van der Waals surface area contributed by atoms with Gasteiger partial charge in [-0.3, -0.25) is 9.78 Å². The highest BCUT2D eigenvalue weighted by Crippen LogP contribution is 2.29. The average molecular weight is 399 g/mol. The van der Waals surface area contributed by atoms with Crippen LogP contribution in [0.25, 0.3) is 11.3 Å². The van der Waals surface area contributed by atoms with E-state index in [4.69, 9.17) is 0 Å². The quantitative estimate of drug-likeness (QED) is 0.679. The number of carbonyl (C=O) groups excluding carboxylic acids is 1. The van der Waals surface area contributed by atoms with Crippen molar-refractivity contribution in [1.82, 2.24) is 10.3 Å². The van der Waals surface area contributed by atoms with Crippen LogP contribution in [0, 0.1) is 11.2 Å². The summed E-state index contributed by atoms with van der Waals surface area (Å²) in [6, 6.07) is 6.53. The molecule has 0 spiro atoms. The number of halogens is 4. The van der Waals surface area contributed by atoms with Crippen molar-refractivity contribution in [3.63, 3.8) is 0 Å². The lowest BCUT2D eigenvalue weighted by molar-refractivity contribution is -0.275. The summed E-state index contributed by atoms with van der Waals surface area (Å²) in [5, 5.41) is 5.98. The van der Waals surface area contributed by atoms with Gasteiger partial charge >= 0.3 is 6.36 Å². The molecule has 2 rings (SSSR count). The first-order valence-electron chi connectivity index (χ1n) is 8.45. The van der Waals surface area contributed by atoms with Crippen molar-refractivity contribution >= 4 is 11.6 Å². The summed E-state index contributed by atoms with van der Waals surface area (Å²) in [6.07, 6.45) is -3.45. The molecule has 0 aliphatic heterocycles. The van der Waals surface area contributed by atoms with Crippen LogP contribution in [0.15, 0.2) is 36.5 Å². The summed E-state index contributed by atoms with van der Waals surface area (Å²) in [6.45, 7) is 6.44. The number of rotatable bonds is 7. The van der Waals surface area contributed by atoms with Gasteiger partial charge in [-0.05, 0) is 35.7 Å². The zero-order chi connectivity index (χ0) is 20.9. The number of carbonyl (C=O) groups is 1. The van der Waals surface area contributed by atoms with Gasteiger partial charge in [0.05, 0.1) is 5.69 Å². The minimum absolute atomic E-state index is 0.112. The number of amides is 1. The lowest BCUT2D eigenvalue weighted by Crippen LogP contribution is -2.37. The molecule has 1 aromatic carbocycles. The number of hydrogen-bond donors (Lipinski definition) is 2. The summed E-state index contributed by atoms with van der Waals surface area (Å²) < 4.78 is 54.3. The molecule has 0 atom stereocenters. The molecule has 0 bridgehead atoms. The first kappa shape index (κ1) is 21.5. The predicted octanol–water partition coefficient (Wildman–Crippen LogP) is 4.36. The highest BCUT2D eigenvalue weighted by molar-refractivity contribution is 5.72. The Kier molecular flexibility index (Phi) is 6.48. The molecule has 0 fully saturated rings. The molecule has 9 heteroatoms. The monoisotopic (exact) mass is 399 g/mol. The number of hydrogen-bond acceptors (Lipinski definition) is 4. The lowest BCUT2D eigenvalue weighted by atomic mass is 9.93. The molecule has 0 aliphatic rings. The van der Waals surface area contributed by atoms with Crippen LogP contribution in [0.4, 0.5) is 23.2 Å². The van der Waals surface area contributed by atoms with Crippen LogP contribution in [-0.4, -0.2) is 30.3 Å². The van der Waals surface area contributed by atoms with E-state index in [0.717, 1.165) is 12.1 Å². The molecule has 152 valence electrons. The van der Waals surface area contributed by atoms with Crippen molar-refractivity contribution < 1.29 is 27.1 Å². The Hall–Kier alpha value is -2.84. The molecule has 1 heterocycles. The van der Waals surface area contributed by atoms with Crippen molar-refractivity contribution in [1.29, 1.82) is 0 Å². The van der Waals surface area contributed by atoms with Crippen LogP contribution in [0.3, 0.4) is 0 Å². The number of nitrogens with zero attached hydrogens (tertiary/aromatic N) is 1. The van der Waals surface area contributed by atoms with Gasteiger partial charge < -0.3 is 15.4 Å². The summed E-state index contributed by atoms with van der Waals surface area (Å²) in [5.74, 6) is -2.14. The van der Waals surface area contributed by atoms with E-state index >= 15 is 0 Å². The topological polar surface area (TPSA) is 63.2 Å². The van der Waals surface area contributed by atoms with Crippen molar-refractivity contribution in [3.05, 3.63) is 42.3 Å². The zero-order valence-electron chi connectivity index (χ0n) is 15.7. The fourth-order valence-electron chi connectivity index (χ4n) is 2.33. The van der Waals surface area contributed by atoms with E-state index in [-0.39, 0.29) is 11.3 Å². The Morgan fingerprint density at radius 3 is 2.46 bits per heavy atom. The summed E-state index contributed by atoms with van der Waals surface area (Å²) in [4.78, 5) is 15.2. The van der Waals surface area contributed by atoms with Crippen molar-refractivity contribution in [3.8, 4) is 17.0 Å². The van der Waals surface area contributed by atoms with E-state index in [9.17, 15) is 22.4 Å². The third-order valence-electron chi connectivity index (χ3n) is 3.80. The second kappa shape index (κ2) is 8.45. The molecule has 0 radical (unpaired) electrons. The van der Waals surface area contributed by atoms with Crippen LogP contribution < -0.4 is 15.4 Å². The van der Waals surface area contributed by atoms with Crippen LogP contribution in [0.5, 0.6) is 5.75 Å². The van der Waals surface area contributed by atoms with Gasteiger partial charge in [0.1, 0.15) is 0 Å². The van der Waals surface area contributed by atoms with Gasteiger partial charge in [0, 0.05) is 37.5 Å². The highest BCUT2D eigenvalue weighted by Gasteiger charge is 2.32. The number of aromatic nitrogens is 1. The number of anilines is 1. The maximum Gasteiger partial charge on any atom is 0.573 e. The van der Waals surface area contributed by atoms with Crippen LogP contribution in [-0.2, 0) is 4.79 Å². The van der Waals surface area contributed by atoms with E-state index in [0.29, 0.717) is 30.0 Å². The van der Waals surface area contributed by atoms with Gasteiger partial charge in [-0.2, -0.15) is 0 Å². The third-order valence-corrected chi connectivity index (χ3v) is 3.80. The first-order chi connectivity index (χ1) is 13.0. The van der Waals surface area contributed by atoms with Gasteiger partial charge in [0.25, 0.3) is 0 Å². The Morgan fingerprint density at radius 1 is 1.14 bits per heavy atom. The second-order valence-electron chi connectivity index (χ2n) is 7.05. The molecular weight excluding hydrogens is 378 g/mol. The first-order valence-corrected chi connectivity index (χ1v) is 8.45. The van der Waals surface area contributed by atoms with Crippen LogP contribution >= 0.6 is 0 Å². The van der Waals surface area contributed by atoms with Crippen LogP contribution in [0.2, 0.25) is 0 Å². The molecule has 0 aliphatic carbocycles. The molecule has 1 amide bonds. The van der Waals surface area contributed by atoms with Crippen molar-refractivity contribution in [2.24, 2.45) is 5.41 Å². The summed E-state index contributed by atoms with van der Waals surface area (Å²) >= 11 is 0. The zero-order valence-corrected chi connectivity index (χ0v) is 15.7. The SMILES string of the molecule is CC(=O)NCC(C)(C)CNc1ccnc(-c2ccc(OC(F)(F)F)c(F)c2)c1. The van der Waals surface area contributed by atoms with Crippen molar-refractivity contribution in [2.75, 3.05) is 18.4 Å². The highest BCUT2D eigenvalue weighted by atomic mass is 19.4. The van der Waals surface area contributed by atoms with Gasteiger partial charge in [-0.15, -0.1) is 13.2 Å². The standard InChI is InChI=1S/C19H21F4N3O2/c1-12(27)25-10-18(2,3)11-26-14-6-7-24-16(9-14)13-4-5-17(15(20)8-13)28-19(21,22)23/h4-9H,10-11H2,1-3H3,(H,24,26)(H,25,27). The minimum atomic E-state index is -4.96. The van der Waals surface area contributed by atoms with E-state index < -0.39 is 17.9 Å². The number of ether oxygens (including phenoxy) is 1. The van der Waals surface area contributed by atoms with E-state index in [2.05, 4.69) is 20.4 Å². The summed E-state index contributed by atoms with van der Waals surface area (Å²) in [7, 11) is 0. The maximum absolute atomic E-state index is 13.9. The molecule has 1 aromatic heterocycles. The molecule has 0 saturated heterocycles. The largest absolute Gasteiger partial charge is 0.573 e. The Bertz CT molecular complexity index is 838. The van der Waals surface area contributed by atoms with E-state index in [1.54, 1.807) is 12.1 Å². The number of pyridine rings is 1. The van der Waals surface area contributed by atoms with Crippen molar-refractivity contribution in [2.45, 2.75) is 27.1 Å². The molecule has 2 aromatic rings. The fraction of sp³-hybridized carbons (Fsp3) is 0.368. The number of alkyl halides is 3. The predicted molar refractivity (Wildman–Crippen MR) is 97.3 cm³/mol. The normalized spacial score (nSPS) is 11.8. The molecule has 2 N–H and O–H groups in total. The molecule has 0 saturated carbocycles. The van der Waals surface area contributed by atoms with E-state index in [1.165, 1.54) is 19.2 Å². The molecular formula is C19H21F4N3O2. The van der Waals surface area contributed by atoms with Gasteiger partial charge in [0.15, 0.2) is 11.6 Å². The number of benzene rings is 1. The Morgan fingerprint density at radius 2 is 1.86 bits per heavy atom. The third kappa shape index (κ3) is 6.71. The Balaban J connectivity index is 2.10. The van der Waals surface area contributed by atoms with Gasteiger partial charge in [-0.1, -0.05) is 13.8 Å². The molecule has 5 nitrogen and oxygen atoms in total. The second-order valence-corrected chi connectivity index (χ2v) is 7.05. The minimum Gasteiger partial charge on any atom is -0.403 e.